The van der Waals surface area contributed by atoms with Crippen LogP contribution in [-0.4, -0.2) is 82.7 Å². The number of nitrogens with zero attached hydrogens (tertiary/aromatic N) is 4. The van der Waals surface area contributed by atoms with Gasteiger partial charge in [0.1, 0.15) is 54.0 Å². The Labute approximate surface area is 504 Å². The molecule has 0 radical (unpaired) electrons. The van der Waals surface area contributed by atoms with Crippen molar-refractivity contribution in [2.24, 2.45) is 5.16 Å². The molecule has 1 unspecified atom stereocenters. The number of esters is 2. The van der Waals surface area contributed by atoms with Gasteiger partial charge in [-0.25, -0.2) is 18.7 Å². The Morgan fingerprint density at radius 2 is 1.38 bits per heavy atom. The van der Waals surface area contributed by atoms with E-state index < -0.39 is 53.5 Å². The zero-order valence-corrected chi connectivity index (χ0v) is 49.0. The van der Waals surface area contributed by atoms with Gasteiger partial charge in [-0.1, -0.05) is 169 Å². The van der Waals surface area contributed by atoms with Crippen LogP contribution in [0.1, 0.15) is 51.6 Å². The Balaban J connectivity index is 0.00000810. The number of nitrogens with one attached hydrogen (secondary N) is 2. The average Bonchev–Trinajstić information content (AvgIpc) is 4.00. The summed E-state index contributed by atoms with van der Waals surface area (Å²) in [5.41, 5.74) is 4.81. The first-order valence-electron chi connectivity index (χ1n) is 26.1. The van der Waals surface area contributed by atoms with Crippen molar-refractivity contribution in [3.8, 4) is 5.75 Å². The summed E-state index contributed by atoms with van der Waals surface area (Å²) in [5.74, 6) is -1.21. The van der Waals surface area contributed by atoms with E-state index in [9.17, 15) is 23.6 Å². The number of β-lactam (4-membered cyclic amide) rings is 1. The summed E-state index contributed by atoms with van der Waals surface area (Å²) >= 11 is 4.12. The first-order chi connectivity index (χ1) is 39.7. The Kier molecular flexibility index (Phi) is 20.2. The summed E-state index contributed by atoms with van der Waals surface area (Å²) in [6.45, 7) is -0.587. The van der Waals surface area contributed by atoms with Crippen LogP contribution in [0.25, 0.3) is 0 Å². The Morgan fingerprint density at radius 1 is 0.805 bits per heavy atom. The number of amides is 2. The highest BCUT2D eigenvalue weighted by Gasteiger charge is 2.55. The van der Waals surface area contributed by atoms with Crippen LogP contribution < -0.4 is 43.9 Å². The van der Waals surface area contributed by atoms with E-state index in [0.29, 0.717) is 33.5 Å². The van der Waals surface area contributed by atoms with Crippen LogP contribution in [0, 0.1) is 0 Å². The summed E-state index contributed by atoms with van der Waals surface area (Å²) in [5, 5.41) is 12.4. The number of halogens is 2. The molecule has 418 valence electrons. The SMILES string of the molecule is COc1ccc(COC(=O)C2=C(CSc3cc[n+](CCF)cc3)CS[C@H]3C(NC(=O)C(=NOCCC(=O)OC(c4ccccc4)c4ccccc4)c4csc(NC(c5ccccc5)(c5ccccc5)c5ccccc5)n4)C(=O)N23)cc1.[I-]. The van der Waals surface area contributed by atoms with E-state index in [1.807, 2.05) is 164 Å². The summed E-state index contributed by atoms with van der Waals surface area (Å²) in [7, 11) is 1.57. The van der Waals surface area contributed by atoms with Gasteiger partial charge in [-0.15, -0.1) is 34.9 Å². The van der Waals surface area contributed by atoms with Crippen LogP contribution in [0.3, 0.4) is 0 Å². The van der Waals surface area contributed by atoms with Crippen molar-refractivity contribution in [3.05, 3.63) is 256 Å². The van der Waals surface area contributed by atoms with Gasteiger partial charge in [-0.05, 0) is 51.1 Å². The number of alkyl halides is 1. The molecule has 2 atom stereocenters. The maximum absolute atomic E-state index is 14.8. The van der Waals surface area contributed by atoms with E-state index in [1.165, 1.54) is 39.8 Å². The number of aryl methyl sites for hydroxylation is 1. The first-order valence-corrected chi connectivity index (χ1v) is 29.0. The highest BCUT2D eigenvalue weighted by molar-refractivity contribution is 8.01. The standard InChI is InChI=1S/C63H55FN6O8S3.HI/c1-75-50-29-27-43(28-30-50)39-76-61(74)56-46(40-79-51-31-35-69(36-32-51)37-34-64)41-80-60-55(59(73)70(56)60)66-58(72)54(68-77-38-33-53(71)78-57(44-17-7-2-8-18-44)45-19-9-3-10-20-45)52-42-81-62(65-52)67-63(47-21-11-4-12-22-47,48-23-13-5-14-24-48)49-25-15-6-16-26-49;/h2-32,35-36,42,55,57,60H,33-34,37-41H2,1H3,(H-,65,66,67,72);1H/t55?,60-;/m0./s1. The molecule has 10 rings (SSSR count). The van der Waals surface area contributed by atoms with E-state index in [2.05, 4.69) is 15.8 Å². The quantitative estimate of drug-likeness (QED) is 0.00709. The van der Waals surface area contributed by atoms with E-state index >= 15 is 0 Å². The number of aromatic nitrogens is 2. The maximum Gasteiger partial charge on any atom is 0.355 e. The molecule has 14 nitrogen and oxygen atoms in total. The predicted octanol–water partition coefficient (Wildman–Crippen LogP) is 7.45. The number of thiazole rings is 1. The molecule has 2 aliphatic heterocycles. The third-order valence-electron chi connectivity index (χ3n) is 13.6. The molecular formula is C63H56FIN6O8S3. The van der Waals surface area contributed by atoms with Crippen molar-refractivity contribution in [1.29, 1.82) is 0 Å². The van der Waals surface area contributed by atoms with Crippen LogP contribution in [0.2, 0.25) is 0 Å². The molecule has 6 aromatic carbocycles. The van der Waals surface area contributed by atoms with E-state index in [-0.39, 0.29) is 67.3 Å². The topological polar surface area (TPSA) is 162 Å². The number of benzene rings is 6. The fraction of sp³-hybridized carbons (Fsp3) is 0.190. The molecule has 2 amide bonds. The Bertz CT molecular complexity index is 3360. The fourth-order valence-electron chi connectivity index (χ4n) is 9.49. The second-order valence-electron chi connectivity index (χ2n) is 18.7. The Hall–Kier alpha value is -7.85. The van der Waals surface area contributed by atoms with Gasteiger partial charge in [-0.2, -0.15) is 0 Å². The smallest absolute Gasteiger partial charge is 0.355 e. The van der Waals surface area contributed by atoms with E-state index in [0.717, 1.165) is 32.7 Å². The van der Waals surface area contributed by atoms with Crippen LogP contribution in [0.4, 0.5) is 9.52 Å². The molecule has 19 heteroatoms. The number of thioether (sulfide) groups is 2. The van der Waals surface area contributed by atoms with Crippen LogP contribution >= 0.6 is 34.9 Å². The summed E-state index contributed by atoms with van der Waals surface area (Å²) in [6.07, 6.45) is 2.69. The second kappa shape index (κ2) is 28.2. The normalized spacial score (nSPS) is 14.9. The van der Waals surface area contributed by atoms with Gasteiger partial charge in [0.25, 0.3) is 11.8 Å². The van der Waals surface area contributed by atoms with Gasteiger partial charge in [0.2, 0.25) is 0 Å². The molecule has 0 bridgehead atoms. The van der Waals surface area contributed by atoms with Crippen LogP contribution in [0.5, 0.6) is 5.75 Å². The molecule has 0 spiro atoms. The molecule has 2 N–H and O–H groups in total. The number of carbonyl (C=O) groups is 4. The number of oxime groups is 1. The van der Waals surface area contributed by atoms with Crippen molar-refractivity contribution in [2.45, 2.75) is 47.5 Å². The second-order valence-corrected chi connectivity index (χ2v) is 21.7. The minimum absolute atomic E-state index is 0. The molecule has 2 aliphatic rings. The summed E-state index contributed by atoms with van der Waals surface area (Å²) in [4.78, 5) is 70.2. The predicted molar refractivity (Wildman–Crippen MR) is 311 cm³/mol. The lowest BCUT2D eigenvalue weighted by Crippen LogP contribution is -3.00. The number of hydrogen-bond donors (Lipinski definition) is 2. The molecule has 1 fully saturated rings. The van der Waals surface area contributed by atoms with Crippen molar-refractivity contribution in [1.82, 2.24) is 15.2 Å². The van der Waals surface area contributed by atoms with E-state index in [4.69, 9.17) is 24.0 Å². The third kappa shape index (κ3) is 13.7. The minimum Gasteiger partial charge on any atom is -1.00 e. The molecule has 2 aromatic heterocycles. The van der Waals surface area contributed by atoms with Crippen LogP contribution in [-0.2, 0) is 52.2 Å². The average molecular weight is 1270 g/mol. The number of fused-ring (bicyclic) bond motifs is 1. The molecule has 0 aliphatic carbocycles. The van der Waals surface area contributed by atoms with Gasteiger partial charge in [-0.3, -0.25) is 19.3 Å². The van der Waals surface area contributed by atoms with E-state index in [1.54, 1.807) is 53.7 Å². The summed E-state index contributed by atoms with van der Waals surface area (Å²) in [6, 6.07) is 58.6. The van der Waals surface area contributed by atoms with Gasteiger partial charge < -0.3 is 53.7 Å². The number of carbonyl (C=O) groups excluding carboxylic acids is 4. The molecule has 0 saturated carbocycles. The molecule has 1 saturated heterocycles. The van der Waals surface area contributed by atoms with Crippen LogP contribution in [0.15, 0.2) is 227 Å². The lowest BCUT2D eigenvalue weighted by atomic mass is 9.77. The number of ether oxygens (including phenoxy) is 3. The fourth-order valence-corrected chi connectivity index (χ4v) is 12.6. The van der Waals surface area contributed by atoms with Crippen molar-refractivity contribution in [3.63, 3.8) is 0 Å². The number of pyridine rings is 1. The zero-order valence-electron chi connectivity index (χ0n) is 44.3. The molecule has 4 heterocycles. The number of rotatable bonds is 24. The third-order valence-corrected chi connectivity index (χ3v) is 16.8. The Morgan fingerprint density at radius 3 is 1.94 bits per heavy atom. The molecule has 8 aromatic rings. The lowest BCUT2D eigenvalue weighted by Gasteiger charge is -2.49. The largest absolute Gasteiger partial charge is 1.00 e. The number of hydrogen-bond acceptors (Lipinski definition) is 14. The minimum atomic E-state index is -1.09. The lowest BCUT2D eigenvalue weighted by molar-refractivity contribution is -0.697. The van der Waals surface area contributed by atoms with Gasteiger partial charge in [0.15, 0.2) is 35.9 Å². The number of methoxy groups -OCH3 is 1. The highest BCUT2D eigenvalue weighted by Crippen LogP contribution is 2.43. The highest BCUT2D eigenvalue weighted by atomic mass is 127. The van der Waals surface area contributed by atoms with Gasteiger partial charge in [0, 0.05) is 33.9 Å². The zero-order chi connectivity index (χ0) is 56.0. The maximum atomic E-state index is 14.8. The summed E-state index contributed by atoms with van der Waals surface area (Å²) < 4.78 is 32.0. The molecule has 82 heavy (non-hydrogen) atoms. The van der Waals surface area contributed by atoms with Gasteiger partial charge in [0.05, 0.1) is 13.5 Å². The van der Waals surface area contributed by atoms with Gasteiger partial charge >= 0.3 is 11.9 Å². The van der Waals surface area contributed by atoms with Crippen molar-refractivity contribution < 1.29 is 71.2 Å². The molecular weight excluding hydrogens is 1210 g/mol. The number of anilines is 1. The van der Waals surface area contributed by atoms with Crippen molar-refractivity contribution >= 4 is 69.5 Å². The first kappa shape index (κ1) is 58.8. The monoisotopic (exact) mass is 1270 g/mol. The van der Waals surface area contributed by atoms with Crippen molar-refractivity contribution in [2.75, 3.05) is 37.2 Å².